The average Bonchev–Trinajstić information content (AvgIpc) is 3.68. The molecule has 1 aliphatic carbocycles. The quantitative estimate of drug-likeness (QED) is 0.224. The van der Waals surface area contributed by atoms with Crippen molar-refractivity contribution in [3.05, 3.63) is 163 Å². The standard InChI is InChI=1S/C41H34N4/c1-2-43-38-22-11-8-19-35(38)42-41(43)29-13-12-16-31(27-29)45-36-20-9-6-17-32(36)33-24-23-28-25-26-44(30-14-4-3-5-15-30)40(28)39(33)34-18-7-10-21-37(34)45/h3-27,34,37,41-42H,2H2,1H3. The molecule has 2 aliphatic heterocycles. The smallest absolute Gasteiger partial charge is 0.126 e. The molecule has 1 aromatic heterocycles. The van der Waals surface area contributed by atoms with Gasteiger partial charge in [-0.3, -0.25) is 0 Å². The molecule has 3 heterocycles. The Morgan fingerprint density at radius 2 is 1.44 bits per heavy atom. The first-order valence-electron chi connectivity index (χ1n) is 16.0. The Balaban J connectivity index is 1.23. The zero-order chi connectivity index (χ0) is 29.9. The third-order valence-corrected chi connectivity index (χ3v) is 9.74. The lowest BCUT2D eigenvalue weighted by molar-refractivity contribution is 0.697. The van der Waals surface area contributed by atoms with Crippen molar-refractivity contribution in [1.29, 1.82) is 0 Å². The fourth-order valence-corrected chi connectivity index (χ4v) is 7.80. The summed E-state index contributed by atoms with van der Waals surface area (Å²) in [5, 5.41) is 5.07. The van der Waals surface area contributed by atoms with Gasteiger partial charge in [0.2, 0.25) is 0 Å². The van der Waals surface area contributed by atoms with Gasteiger partial charge < -0.3 is 19.7 Å². The van der Waals surface area contributed by atoms with E-state index in [-0.39, 0.29) is 18.1 Å². The lowest BCUT2D eigenvalue weighted by atomic mass is 9.83. The summed E-state index contributed by atoms with van der Waals surface area (Å²) in [7, 11) is 0. The molecule has 5 aromatic carbocycles. The van der Waals surface area contributed by atoms with E-state index in [1.54, 1.807) is 0 Å². The molecule has 0 saturated carbocycles. The predicted octanol–water partition coefficient (Wildman–Crippen LogP) is 9.98. The van der Waals surface area contributed by atoms with Gasteiger partial charge in [-0.25, -0.2) is 0 Å². The predicted molar refractivity (Wildman–Crippen MR) is 188 cm³/mol. The lowest BCUT2D eigenvalue weighted by Crippen LogP contribution is -2.35. The fraction of sp³-hybridized carbons (Fsp3) is 0.122. The van der Waals surface area contributed by atoms with Gasteiger partial charge in [-0.2, -0.15) is 0 Å². The van der Waals surface area contributed by atoms with Crippen LogP contribution >= 0.6 is 0 Å². The van der Waals surface area contributed by atoms with Crippen LogP contribution in [0.15, 0.2) is 152 Å². The number of nitrogens with zero attached hydrogens (tertiary/aromatic N) is 3. The molecule has 0 radical (unpaired) electrons. The van der Waals surface area contributed by atoms with Crippen LogP contribution in [0.4, 0.5) is 22.7 Å². The molecular formula is C41H34N4. The van der Waals surface area contributed by atoms with E-state index in [1.165, 1.54) is 61.6 Å². The Hall–Kier alpha value is -5.48. The summed E-state index contributed by atoms with van der Waals surface area (Å²) in [5.74, 6) is 0.156. The monoisotopic (exact) mass is 582 g/mol. The number of hydrogen-bond donors (Lipinski definition) is 1. The van der Waals surface area contributed by atoms with Gasteiger partial charge >= 0.3 is 0 Å². The average molecular weight is 583 g/mol. The lowest BCUT2D eigenvalue weighted by Gasteiger charge is -2.37. The van der Waals surface area contributed by atoms with E-state index in [4.69, 9.17) is 0 Å². The molecule has 45 heavy (non-hydrogen) atoms. The minimum Gasteiger partial charge on any atom is -0.360 e. The number of fused-ring (bicyclic) bond motifs is 8. The molecule has 0 fully saturated rings. The van der Waals surface area contributed by atoms with E-state index in [0.717, 1.165) is 6.54 Å². The molecular weight excluding hydrogens is 548 g/mol. The van der Waals surface area contributed by atoms with Gasteiger partial charge in [0.25, 0.3) is 0 Å². The number of benzene rings is 5. The molecule has 0 saturated heterocycles. The highest BCUT2D eigenvalue weighted by molar-refractivity contribution is 5.97. The van der Waals surface area contributed by atoms with Gasteiger partial charge in [-0.05, 0) is 72.1 Å². The van der Waals surface area contributed by atoms with Crippen molar-refractivity contribution < 1.29 is 0 Å². The molecule has 3 aliphatic rings. The molecule has 3 atom stereocenters. The summed E-state index contributed by atoms with van der Waals surface area (Å²) in [6.45, 7) is 3.16. The maximum absolute atomic E-state index is 3.80. The number of allylic oxidation sites excluding steroid dienone is 2. The maximum Gasteiger partial charge on any atom is 0.126 e. The number of para-hydroxylation sites is 4. The topological polar surface area (TPSA) is 23.4 Å². The van der Waals surface area contributed by atoms with E-state index in [1.807, 2.05) is 0 Å². The molecule has 0 spiro atoms. The first kappa shape index (κ1) is 26.0. The molecule has 0 bridgehead atoms. The van der Waals surface area contributed by atoms with E-state index in [0.29, 0.717) is 0 Å². The van der Waals surface area contributed by atoms with Gasteiger partial charge in [-0.1, -0.05) is 97.1 Å². The van der Waals surface area contributed by atoms with Crippen molar-refractivity contribution in [2.75, 3.05) is 21.7 Å². The second-order valence-electron chi connectivity index (χ2n) is 12.1. The fourth-order valence-electron chi connectivity index (χ4n) is 7.80. The highest BCUT2D eigenvalue weighted by atomic mass is 15.3. The molecule has 6 aromatic rings. The Bertz CT molecular complexity index is 2120. The van der Waals surface area contributed by atoms with Crippen LogP contribution in [0.3, 0.4) is 0 Å². The second kappa shape index (κ2) is 10.3. The van der Waals surface area contributed by atoms with Gasteiger partial charge in [0.1, 0.15) is 6.17 Å². The summed E-state index contributed by atoms with van der Waals surface area (Å²) >= 11 is 0. The minimum atomic E-state index is 0.0816. The largest absolute Gasteiger partial charge is 0.360 e. The molecule has 218 valence electrons. The zero-order valence-corrected chi connectivity index (χ0v) is 25.2. The summed E-state index contributed by atoms with van der Waals surface area (Å²) in [5.41, 5.74) is 12.5. The van der Waals surface area contributed by atoms with Gasteiger partial charge in [-0.15, -0.1) is 0 Å². The number of rotatable bonds is 4. The first-order valence-corrected chi connectivity index (χ1v) is 16.0. The van der Waals surface area contributed by atoms with Crippen LogP contribution in [0.5, 0.6) is 0 Å². The van der Waals surface area contributed by atoms with Crippen molar-refractivity contribution in [3.8, 4) is 16.8 Å². The van der Waals surface area contributed by atoms with E-state index < -0.39 is 0 Å². The molecule has 4 heteroatoms. The summed E-state index contributed by atoms with van der Waals surface area (Å²) in [4.78, 5) is 5.03. The summed E-state index contributed by atoms with van der Waals surface area (Å²) < 4.78 is 2.37. The van der Waals surface area contributed by atoms with Crippen molar-refractivity contribution >= 4 is 33.7 Å². The van der Waals surface area contributed by atoms with Crippen molar-refractivity contribution in [2.45, 2.75) is 25.0 Å². The highest BCUT2D eigenvalue weighted by Gasteiger charge is 2.37. The highest BCUT2D eigenvalue weighted by Crippen LogP contribution is 2.51. The van der Waals surface area contributed by atoms with Crippen molar-refractivity contribution in [3.63, 3.8) is 0 Å². The minimum absolute atomic E-state index is 0.0816. The van der Waals surface area contributed by atoms with Crippen molar-refractivity contribution in [2.24, 2.45) is 0 Å². The van der Waals surface area contributed by atoms with E-state index >= 15 is 0 Å². The van der Waals surface area contributed by atoms with E-state index in [2.05, 4.69) is 178 Å². The van der Waals surface area contributed by atoms with Crippen LogP contribution in [0.25, 0.3) is 27.7 Å². The number of hydrogen-bond acceptors (Lipinski definition) is 3. The van der Waals surface area contributed by atoms with Gasteiger partial charge in [0.15, 0.2) is 0 Å². The Morgan fingerprint density at radius 1 is 0.667 bits per heavy atom. The molecule has 1 N–H and O–H groups in total. The summed E-state index contributed by atoms with van der Waals surface area (Å²) in [6, 6.07) is 44.5. The van der Waals surface area contributed by atoms with Gasteiger partial charge in [0.05, 0.1) is 22.9 Å². The Labute approximate surface area is 264 Å². The summed E-state index contributed by atoms with van der Waals surface area (Å²) in [6.07, 6.45) is 11.5. The van der Waals surface area contributed by atoms with Crippen LogP contribution in [-0.2, 0) is 0 Å². The normalized spacial score (nSPS) is 19.4. The van der Waals surface area contributed by atoms with Crippen LogP contribution in [0.2, 0.25) is 0 Å². The van der Waals surface area contributed by atoms with Crippen LogP contribution in [0.1, 0.15) is 30.1 Å². The van der Waals surface area contributed by atoms with Crippen LogP contribution in [0, 0.1) is 0 Å². The number of aromatic nitrogens is 1. The number of anilines is 4. The van der Waals surface area contributed by atoms with Crippen LogP contribution in [-0.4, -0.2) is 17.2 Å². The molecule has 0 amide bonds. The maximum atomic E-state index is 3.80. The van der Waals surface area contributed by atoms with Gasteiger partial charge in [0, 0.05) is 46.7 Å². The van der Waals surface area contributed by atoms with E-state index in [9.17, 15) is 0 Å². The molecule has 3 unspecified atom stereocenters. The SMILES string of the molecule is CCN1c2ccccc2NC1c1cccc(N2c3ccccc3-c3ccc4ccn(-c5ccccc5)c4c3C3C=CC=CC32)c1. The Kier molecular flexibility index (Phi) is 5.95. The third-order valence-electron chi connectivity index (χ3n) is 9.74. The first-order chi connectivity index (χ1) is 22.3. The second-order valence-corrected chi connectivity index (χ2v) is 12.1. The molecule has 4 nitrogen and oxygen atoms in total. The van der Waals surface area contributed by atoms with Crippen LogP contribution < -0.4 is 15.1 Å². The zero-order valence-electron chi connectivity index (χ0n) is 25.2. The molecule has 9 rings (SSSR count). The third kappa shape index (κ3) is 3.99. The number of nitrogens with one attached hydrogen (secondary N) is 1. The van der Waals surface area contributed by atoms with Crippen molar-refractivity contribution in [1.82, 2.24) is 4.57 Å². The Morgan fingerprint density at radius 3 is 2.33 bits per heavy atom.